The molecule has 1 aliphatic rings. The van der Waals surface area contributed by atoms with Crippen LogP contribution in [0.25, 0.3) is 11.0 Å². The molecule has 0 amide bonds. The van der Waals surface area contributed by atoms with E-state index in [0.717, 1.165) is 12.8 Å². The lowest BCUT2D eigenvalue weighted by Gasteiger charge is -2.10. The van der Waals surface area contributed by atoms with Crippen molar-refractivity contribution in [3.05, 3.63) is 22.9 Å². The number of fused-ring (bicyclic) bond motifs is 1. The molecule has 3 rings (SSSR count). The van der Waals surface area contributed by atoms with E-state index in [1.807, 2.05) is 0 Å². The molecule has 0 bridgehead atoms. The zero-order valence-corrected chi connectivity index (χ0v) is 9.58. The van der Waals surface area contributed by atoms with Gasteiger partial charge >= 0.3 is 0 Å². The number of hydrogen-bond acceptors (Lipinski definition) is 4. The molecule has 1 aliphatic carbocycles. The van der Waals surface area contributed by atoms with Crippen LogP contribution in [0, 0.1) is 5.92 Å². The van der Waals surface area contributed by atoms with Gasteiger partial charge in [0.05, 0.1) is 18.8 Å². The average Bonchev–Trinajstić information content (AvgIpc) is 3.08. The first-order valence-electron chi connectivity index (χ1n) is 5.72. The van der Waals surface area contributed by atoms with Crippen molar-refractivity contribution in [1.29, 1.82) is 0 Å². The molecule has 1 unspecified atom stereocenters. The maximum Gasteiger partial charge on any atom is 0.264 e. The molecular weight excluding hydrogens is 220 g/mol. The van der Waals surface area contributed by atoms with Gasteiger partial charge in [0.2, 0.25) is 0 Å². The first-order valence-corrected chi connectivity index (χ1v) is 5.72. The first kappa shape index (κ1) is 10.5. The lowest BCUT2D eigenvalue weighted by atomic mass is 10.2. The van der Waals surface area contributed by atoms with Gasteiger partial charge in [-0.3, -0.25) is 14.0 Å². The summed E-state index contributed by atoms with van der Waals surface area (Å²) in [5, 5.41) is 14.3. The number of aryl methyl sites for hydroxylation is 1. The van der Waals surface area contributed by atoms with E-state index < -0.39 is 6.10 Å². The molecule has 0 spiro atoms. The van der Waals surface area contributed by atoms with Crippen LogP contribution >= 0.6 is 0 Å². The Morgan fingerprint density at radius 2 is 2.35 bits per heavy atom. The second-order valence-corrected chi connectivity index (χ2v) is 4.61. The van der Waals surface area contributed by atoms with E-state index in [9.17, 15) is 9.90 Å². The number of nitrogens with zero attached hydrogens (tertiary/aromatic N) is 4. The van der Waals surface area contributed by atoms with Crippen LogP contribution in [-0.4, -0.2) is 30.5 Å². The summed E-state index contributed by atoms with van der Waals surface area (Å²) in [6.45, 7) is 0.321. The summed E-state index contributed by atoms with van der Waals surface area (Å²) in [6.07, 6.45) is 4.67. The normalized spacial score (nSPS) is 17.5. The summed E-state index contributed by atoms with van der Waals surface area (Å²) in [5.74, 6) is 0.353. The molecule has 90 valence electrons. The van der Waals surface area contributed by atoms with Gasteiger partial charge in [-0.15, -0.1) is 0 Å². The van der Waals surface area contributed by atoms with Crippen molar-refractivity contribution in [2.75, 3.05) is 0 Å². The fraction of sp³-hybridized carbons (Fsp3) is 0.545. The van der Waals surface area contributed by atoms with E-state index >= 15 is 0 Å². The Morgan fingerprint density at radius 1 is 1.59 bits per heavy atom. The number of aromatic nitrogens is 4. The van der Waals surface area contributed by atoms with Crippen molar-refractivity contribution >= 4 is 11.0 Å². The predicted molar refractivity (Wildman–Crippen MR) is 61.5 cm³/mol. The minimum absolute atomic E-state index is 0.136. The highest BCUT2D eigenvalue weighted by Gasteiger charge is 2.30. The van der Waals surface area contributed by atoms with Crippen molar-refractivity contribution < 1.29 is 5.11 Å². The van der Waals surface area contributed by atoms with Crippen LogP contribution in [0.3, 0.4) is 0 Å². The molecule has 1 saturated carbocycles. The van der Waals surface area contributed by atoms with E-state index in [0.29, 0.717) is 23.5 Å². The van der Waals surface area contributed by atoms with Gasteiger partial charge in [0.25, 0.3) is 5.56 Å². The maximum absolute atomic E-state index is 12.1. The third-order valence-electron chi connectivity index (χ3n) is 3.27. The van der Waals surface area contributed by atoms with Crippen LogP contribution in [0.5, 0.6) is 0 Å². The summed E-state index contributed by atoms with van der Waals surface area (Å²) in [4.78, 5) is 16.3. The summed E-state index contributed by atoms with van der Waals surface area (Å²) in [6, 6.07) is 0. The molecule has 1 N–H and O–H groups in total. The lowest BCUT2D eigenvalue weighted by Crippen LogP contribution is -2.27. The molecule has 1 atom stereocenters. The second-order valence-electron chi connectivity index (χ2n) is 4.61. The molecule has 2 heterocycles. The number of aliphatic hydroxyl groups excluding tert-OH is 1. The molecule has 0 saturated heterocycles. The smallest absolute Gasteiger partial charge is 0.264 e. The van der Waals surface area contributed by atoms with Crippen molar-refractivity contribution in [3.63, 3.8) is 0 Å². The fourth-order valence-electron chi connectivity index (χ4n) is 2.03. The highest BCUT2D eigenvalue weighted by atomic mass is 16.3. The topological polar surface area (TPSA) is 72.9 Å². The highest BCUT2D eigenvalue weighted by Crippen LogP contribution is 2.32. The molecule has 0 radical (unpaired) electrons. The Hall–Kier alpha value is -1.69. The zero-order chi connectivity index (χ0) is 12.0. The largest absolute Gasteiger partial charge is 0.391 e. The standard InChI is InChI=1S/C11H14N4O2/c1-14-10-8(4-13-14)11(17)15(6-12-10)5-9(16)7-2-3-7/h4,6-7,9,16H,2-3,5H2,1H3. The summed E-state index contributed by atoms with van der Waals surface area (Å²) in [5.41, 5.74) is 0.440. The van der Waals surface area contributed by atoms with Crippen LogP contribution in [-0.2, 0) is 13.6 Å². The lowest BCUT2D eigenvalue weighted by molar-refractivity contribution is 0.130. The van der Waals surface area contributed by atoms with Crippen molar-refractivity contribution in [1.82, 2.24) is 19.3 Å². The van der Waals surface area contributed by atoms with Crippen LogP contribution in [0.4, 0.5) is 0 Å². The molecule has 2 aromatic heterocycles. The number of hydrogen-bond donors (Lipinski definition) is 1. The van der Waals surface area contributed by atoms with E-state index in [1.54, 1.807) is 11.7 Å². The molecule has 0 aliphatic heterocycles. The molecule has 17 heavy (non-hydrogen) atoms. The van der Waals surface area contributed by atoms with Gasteiger partial charge in [-0.1, -0.05) is 0 Å². The monoisotopic (exact) mass is 234 g/mol. The summed E-state index contributed by atoms with van der Waals surface area (Å²) >= 11 is 0. The van der Waals surface area contributed by atoms with Crippen molar-refractivity contribution in [3.8, 4) is 0 Å². The quantitative estimate of drug-likeness (QED) is 0.805. The molecule has 1 fully saturated rings. The Kier molecular flexibility index (Phi) is 2.25. The van der Waals surface area contributed by atoms with Gasteiger partial charge in [-0.2, -0.15) is 5.10 Å². The molecule has 6 heteroatoms. The van der Waals surface area contributed by atoms with Gasteiger partial charge in [-0.25, -0.2) is 4.98 Å². The predicted octanol–water partition coefficient (Wildman–Crippen LogP) is -0.0991. The Labute approximate surface area is 97.5 Å². The third kappa shape index (κ3) is 1.74. The number of aliphatic hydroxyl groups is 1. The molecule has 0 aromatic carbocycles. The Bertz CT molecular complexity index is 611. The first-order chi connectivity index (χ1) is 8.16. The van der Waals surface area contributed by atoms with Gasteiger partial charge in [0.15, 0.2) is 5.65 Å². The Morgan fingerprint density at radius 3 is 3.06 bits per heavy atom. The minimum atomic E-state index is -0.441. The third-order valence-corrected chi connectivity index (χ3v) is 3.27. The molecule has 2 aromatic rings. The van der Waals surface area contributed by atoms with Crippen LogP contribution in [0.1, 0.15) is 12.8 Å². The fourth-order valence-corrected chi connectivity index (χ4v) is 2.03. The van der Waals surface area contributed by atoms with E-state index in [-0.39, 0.29) is 5.56 Å². The van der Waals surface area contributed by atoms with Crippen LogP contribution in [0.2, 0.25) is 0 Å². The maximum atomic E-state index is 12.1. The van der Waals surface area contributed by atoms with Crippen molar-refractivity contribution in [2.45, 2.75) is 25.5 Å². The number of rotatable bonds is 3. The van der Waals surface area contributed by atoms with E-state index in [1.165, 1.54) is 17.1 Å². The van der Waals surface area contributed by atoms with Gasteiger partial charge < -0.3 is 5.11 Å². The van der Waals surface area contributed by atoms with Gasteiger partial charge in [0, 0.05) is 7.05 Å². The molecule has 6 nitrogen and oxygen atoms in total. The Balaban J connectivity index is 1.99. The van der Waals surface area contributed by atoms with Gasteiger partial charge in [0.1, 0.15) is 11.7 Å². The van der Waals surface area contributed by atoms with Gasteiger partial charge in [-0.05, 0) is 18.8 Å². The van der Waals surface area contributed by atoms with Crippen LogP contribution in [0.15, 0.2) is 17.3 Å². The minimum Gasteiger partial charge on any atom is -0.391 e. The summed E-state index contributed by atoms with van der Waals surface area (Å²) in [7, 11) is 1.75. The highest BCUT2D eigenvalue weighted by molar-refractivity contribution is 5.72. The zero-order valence-electron chi connectivity index (χ0n) is 9.58. The second kappa shape index (κ2) is 3.66. The van der Waals surface area contributed by atoms with Crippen LogP contribution < -0.4 is 5.56 Å². The average molecular weight is 234 g/mol. The molecular formula is C11H14N4O2. The van der Waals surface area contributed by atoms with E-state index in [4.69, 9.17) is 0 Å². The van der Waals surface area contributed by atoms with Crippen molar-refractivity contribution in [2.24, 2.45) is 13.0 Å². The summed E-state index contributed by atoms with van der Waals surface area (Å²) < 4.78 is 3.03. The SMILES string of the molecule is Cn1ncc2c(=O)n(CC(O)C3CC3)cnc21. The van der Waals surface area contributed by atoms with E-state index in [2.05, 4.69) is 10.1 Å².